The Bertz CT molecular complexity index is 950. The summed E-state index contributed by atoms with van der Waals surface area (Å²) in [4.78, 5) is 12.5. The molecule has 1 amide bonds. The molecule has 6 heteroatoms. The van der Waals surface area contributed by atoms with Gasteiger partial charge in [0.15, 0.2) is 11.5 Å². The molecule has 0 aliphatic carbocycles. The van der Waals surface area contributed by atoms with E-state index < -0.39 is 0 Å². The molecular weight excluding hydrogens is 335 g/mol. The molecule has 0 atom stereocenters. The van der Waals surface area contributed by atoms with Gasteiger partial charge in [-0.05, 0) is 48.4 Å². The maximum atomic E-state index is 13.4. The van der Waals surface area contributed by atoms with Crippen LogP contribution >= 0.6 is 0 Å². The zero-order valence-corrected chi connectivity index (χ0v) is 15.0. The Labute approximate surface area is 151 Å². The minimum atomic E-state index is -0.320. The summed E-state index contributed by atoms with van der Waals surface area (Å²) in [5, 5.41) is 3.74. The first-order chi connectivity index (χ1) is 12.5. The van der Waals surface area contributed by atoms with E-state index in [1.54, 1.807) is 38.0 Å². The molecule has 0 saturated carbocycles. The monoisotopic (exact) mass is 356 g/mol. The first kappa shape index (κ1) is 17.8. The SMILES string of the molecule is COc1ccc(CCNC(=O)c2cc3ccc(F)cc3n2C)cc1OC. The third-order valence-corrected chi connectivity index (χ3v) is 4.39. The number of benzene rings is 2. The van der Waals surface area contributed by atoms with Gasteiger partial charge in [-0.3, -0.25) is 4.79 Å². The number of nitrogens with one attached hydrogen (secondary N) is 1. The molecule has 5 nitrogen and oxygen atoms in total. The number of amides is 1. The van der Waals surface area contributed by atoms with Gasteiger partial charge in [-0.15, -0.1) is 0 Å². The van der Waals surface area contributed by atoms with Crippen molar-refractivity contribution in [2.24, 2.45) is 7.05 Å². The maximum absolute atomic E-state index is 13.4. The number of halogens is 1. The number of carbonyl (C=O) groups excluding carboxylic acids is 1. The largest absolute Gasteiger partial charge is 0.493 e. The smallest absolute Gasteiger partial charge is 0.267 e. The first-order valence-electron chi connectivity index (χ1n) is 8.27. The van der Waals surface area contributed by atoms with Crippen LogP contribution in [0, 0.1) is 5.82 Å². The Hall–Kier alpha value is -3.02. The van der Waals surface area contributed by atoms with E-state index in [1.165, 1.54) is 12.1 Å². The van der Waals surface area contributed by atoms with Crippen molar-refractivity contribution in [3.05, 3.63) is 59.5 Å². The predicted molar refractivity (Wildman–Crippen MR) is 98.5 cm³/mol. The molecule has 3 rings (SSSR count). The average molecular weight is 356 g/mol. The fraction of sp³-hybridized carbons (Fsp3) is 0.250. The third-order valence-electron chi connectivity index (χ3n) is 4.39. The minimum absolute atomic E-state index is 0.190. The number of methoxy groups -OCH3 is 2. The van der Waals surface area contributed by atoms with Gasteiger partial charge in [0.2, 0.25) is 0 Å². The van der Waals surface area contributed by atoms with E-state index >= 15 is 0 Å². The van der Waals surface area contributed by atoms with E-state index in [-0.39, 0.29) is 11.7 Å². The lowest BCUT2D eigenvalue weighted by molar-refractivity contribution is 0.0946. The molecule has 136 valence electrons. The summed E-state index contributed by atoms with van der Waals surface area (Å²) in [6, 6.07) is 11.9. The van der Waals surface area contributed by atoms with Crippen LogP contribution in [0.25, 0.3) is 10.9 Å². The summed E-state index contributed by atoms with van der Waals surface area (Å²) in [6.45, 7) is 0.476. The molecule has 1 aromatic heterocycles. The van der Waals surface area contributed by atoms with Crippen LogP contribution in [-0.4, -0.2) is 31.2 Å². The number of hydrogen-bond acceptors (Lipinski definition) is 3. The molecule has 3 aromatic rings. The van der Waals surface area contributed by atoms with E-state index in [9.17, 15) is 9.18 Å². The van der Waals surface area contributed by atoms with Crippen LogP contribution in [0.15, 0.2) is 42.5 Å². The summed E-state index contributed by atoms with van der Waals surface area (Å²) >= 11 is 0. The molecule has 1 N–H and O–H groups in total. The Kier molecular flexibility index (Phi) is 5.11. The number of rotatable bonds is 6. The molecule has 0 fully saturated rings. The van der Waals surface area contributed by atoms with Crippen molar-refractivity contribution in [3.8, 4) is 11.5 Å². The summed E-state index contributed by atoms with van der Waals surface area (Å²) in [6.07, 6.45) is 0.657. The standard InChI is InChI=1S/C20H21FN2O3/c1-23-16-12-15(21)6-5-14(16)11-17(23)20(24)22-9-8-13-4-7-18(25-2)19(10-13)26-3/h4-7,10-12H,8-9H2,1-3H3,(H,22,24). The van der Waals surface area contributed by atoms with Gasteiger partial charge in [0, 0.05) is 19.0 Å². The Morgan fingerprint density at radius 3 is 2.58 bits per heavy atom. The zero-order valence-electron chi connectivity index (χ0n) is 15.0. The van der Waals surface area contributed by atoms with Crippen molar-refractivity contribution in [3.63, 3.8) is 0 Å². The lowest BCUT2D eigenvalue weighted by Crippen LogP contribution is -2.27. The highest BCUT2D eigenvalue weighted by atomic mass is 19.1. The predicted octanol–water partition coefficient (Wildman–Crippen LogP) is 3.31. The van der Waals surface area contributed by atoms with Gasteiger partial charge >= 0.3 is 0 Å². The molecular formula is C20H21FN2O3. The number of nitrogens with zero attached hydrogens (tertiary/aromatic N) is 1. The van der Waals surface area contributed by atoms with Gasteiger partial charge in [0.05, 0.1) is 19.7 Å². The van der Waals surface area contributed by atoms with E-state index in [4.69, 9.17) is 9.47 Å². The highest BCUT2D eigenvalue weighted by Crippen LogP contribution is 2.27. The lowest BCUT2D eigenvalue weighted by atomic mass is 10.1. The summed E-state index contributed by atoms with van der Waals surface area (Å²) in [5.74, 6) is 0.818. The van der Waals surface area contributed by atoms with Crippen molar-refractivity contribution in [2.45, 2.75) is 6.42 Å². The van der Waals surface area contributed by atoms with Crippen LogP contribution in [0.5, 0.6) is 11.5 Å². The Balaban J connectivity index is 1.67. The van der Waals surface area contributed by atoms with Crippen LogP contribution in [0.3, 0.4) is 0 Å². The molecule has 0 unspecified atom stereocenters. The normalized spacial score (nSPS) is 10.8. The van der Waals surface area contributed by atoms with Crippen LogP contribution in [0.2, 0.25) is 0 Å². The molecule has 0 saturated heterocycles. The minimum Gasteiger partial charge on any atom is -0.493 e. The van der Waals surface area contributed by atoms with Gasteiger partial charge in [-0.2, -0.15) is 0 Å². The van der Waals surface area contributed by atoms with Crippen LogP contribution in [0.4, 0.5) is 4.39 Å². The molecule has 2 aromatic carbocycles. The van der Waals surface area contributed by atoms with Crippen LogP contribution in [0.1, 0.15) is 16.1 Å². The fourth-order valence-electron chi connectivity index (χ4n) is 2.97. The van der Waals surface area contributed by atoms with Crippen molar-refractivity contribution < 1.29 is 18.7 Å². The summed E-state index contributed by atoms with van der Waals surface area (Å²) < 4.78 is 25.6. The maximum Gasteiger partial charge on any atom is 0.267 e. The van der Waals surface area contributed by atoms with E-state index in [0.717, 1.165) is 10.9 Å². The zero-order chi connectivity index (χ0) is 18.7. The van der Waals surface area contributed by atoms with Crippen molar-refractivity contribution >= 4 is 16.8 Å². The Morgan fingerprint density at radius 1 is 1.08 bits per heavy atom. The van der Waals surface area contributed by atoms with E-state index in [0.29, 0.717) is 35.7 Å². The van der Waals surface area contributed by atoms with Crippen molar-refractivity contribution in [2.75, 3.05) is 20.8 Å². The molecule has 26 heavy (non-hydrogen) atoms. The van der Waals surface area contributed by atoms with Crippen LogP contribution < -0.4 is 14.8 Å². The average Bonchev–Trinajstić information content (AvgIpc) is 2.97. The molecule has 0 radical (unpaired) electrons. The van der Waals surface area contributed by atoms with Crippen molar-refractivity contribution in [1.29, 1.82) is 0 Å². The van der Waals surface area contributed by atoms with Gasteiger partial charge in [-0.25, -0.2) is 4.39 Å². The van der Waals surface area contributed by atoms with E-state index in [2.05, 4.69) is 5.32 Å². The molecule has 0 aliphatic rings. The fourth-order valence-corrected chi connectivity index (χ4v) is 2.97. The third kappa shape index (κ3) is 3.49. The number of ether oxygens (including phenoxy) is 2. The highest BCUT2D eigenvalue weighted by molar-refractivity contribution is 5.98. The second kappa shape index (κ2) is 7.47. The number of hydrogen-bond donors (Lipinski definition) is 1. The number of aryl methyl sites for hydroxylation is 1. The molecule has 0 bridgehead atoms. The molecule has 0 aliphatic heterocycles. The Morgan fingerprint density at radius 2 is 1.85 bits per heavy atom. The summed E-state index contributed by atoms with van der Waals surface area (Å²) in [7, 11) is 4.94. The van der Waals surface area contributed by atoms with Gasteiger partial charge < -0.3 is 19.4 Å². The molecule has 1 heterocycles. The first-order valence-corrected chi connectivity index (χ1v) is 8.27. The van der Waals surface area contributed by atoms with E-state index in [1.807, 2.05) is 18.2 Å². The summed E-state index contributed by atoms with van der Waals surface area (Å²) in [5.41, 5.74) is 2.22. The highest BCUT2D eigenvalue weighted by Gasteiger charge is 2.13. The quantitative estimate of drug-likeness (QED) is 0.737. The second-order valence-corrected chi connectivity index (χ2v) is 5.99. The van der Waals surface area contributed by atoms with Crippen LogP contribution in [-0.2, 0) is 13.5 Å². The molecule has 0 spiro atoms. The van der Waals surface area contributed by atoms with Crippen molar-refractivity contribution in [1.82, 2.24) is 9.88 Å². The number of aromatic nitrogens is 1. The second-order valence-electron chi connectivity index (χ2n) is 5.99. The lowest BCUT2D eigenvalue weighted by Gasteiger charge is -2.10. The number of fused-ring (bicyclic) bond motifs is 1. The number of carbonyl (C=O) groups is 1. The topological polar surface area (TPSA) is 52.5 Å². The van der Waals surface area contributed by atoms with Gasteiger partial charge in [-0.1, -0.05) is 6.07 Å². The van der Waals surface area contributed by atoms with Gasteiger partial charge in [0.1, 0.15) is 11.5 Å². The van der Waals surface area contributed by atoms with Gasteiger partial charge in [0.25, 0.3) is 5.91 Å².